The van der Waals surface area contributed by atoms with Gasteiger partial charge in [0.2, 0.25) is 0 Å². The minimum atomic E-state index is -4.14. The fourth-order valence-electron chi connectivity index (χ4n) is 1.44. The molecule has 0 fully saturated rings. The molecule has 0 unspecified atom stereocenters. The van der Waals surface area contributed by atoms with Gasteiger partial charge in [0.15, 0.2) is 0 Å². The summed E-state index contributed by atoms with van der Waals surface area (Å²) in [5, 5.41) is 0. The first kappa shape index (κ1) is 22.0. The van der Waals surface area contributed by atoms with E-state index < -0.39 is 18.4 Å². The van der Waals surface area contributed by atoms with E-state index in [2.05, 4.69) is 21.4 Å². The first-order chi connectivity index (χ1) is 8.36. The van der Waals surface area contributed by atoms with Gasteiger partial charge in [-0.05, 0) is 37.1 Å². The van der Waals surface area contributed by atoms with Crippen LogP contribution in [-0.4, -0.2) is 28.5 Å². The molecule has 0 heterocycles. The van der Waals surface area contributed by atoms with Gasteiger partial charge in [-0.15, -0.1) is 12.4 Å². The Kier molecular flexibility index (Phi) is 9.10. The molecule has 0 saturated heterocycles. The summed E-state index contributed by atoms with van der Waals surface area (Å²) in [4.78, 5) is -0.0432. The Morgan fingerprint density at radius 1 is 1.05 bits per heavy atom. The quantitative estimate of drug-likeness (QED) is 0.619. The van der Waals surface area contributed by atoms with Crippen molar-refractivity contribution in [3.05, 3.63) is 23.3 Å². The van der Waals surface area contributed by atoms with Crippen LogP contribution in [0.2, 0.25) is 0 Å². The molecule has 0 saturated carbocycles. The van der Waals surface area contributed by atoms with Gasteiger partial charge < -0.3 is 4.74 Å². The number of rotatable bonds is 2. The zero-order valence-electron chi connectivity index (χ0n) is 10.6. The molecular weight excluding hydrogens is 375 g/mol. The van der Waals surface area contributed by atoms with Crippen LogP contribution in [0.15, 0.2) is 17.0 Å². The highest BCUT2D eigenvalue weighted by molar-refractivity contribution is 8.31. The molecule has 0 aliphatic rings. The molecule has 0 spiro atoms. The van der Waals surface area contributed by atoms with Gasteiger partial charge in [-0.1, -0.05) is 0 Å². The summed E-state index contributed by atoms with van der Waals surface area (Å²) in [5.74, 6) is 0.576. The van der Waals surface area contributed by atoms with Crippen molar-refractivity contribution in [3.8, 4) is 5.75 Å². The monoisotopic (exact) mass is 386 g/mol. The van der Waals surface area contributed by atoms with Crippen molar-refractivity contribution >= 4 is 52.2 Å². The number of hydrogen-bond donors (Lipinski definition) is 1. The van der Waals surface area contributed by atoms with E-state index in [0.717, 1.165) is 0 Å². The van der Waals surface area contributed by atoms with Crippen LogP contribution in [-0.2, 0) is 18.4 Å². The first-order valence-corrected chi connectivity index (χ1v) is 9.20. The Bertz CT molecular complexity index is 623. The molecule has 6 nitrogen and oxygen atoms in total. The maximum atomic E-state index is 11.0. The molecule has 0 aliphatic carbocycles. The van der Waals surface area contributed by atoms with E-state index in [1.165, 1.54) is 7.11 Å². The van der Waals surface area contributed by atoms with Crippen LogP contribution in [0, 0.1) is 13.8 Å². The van der Waals surface area contributed by atoms with E-state index in [4.69, 9.17) is 17.7 Å². The molecule has 1 aromatic rings. The van der Waals surface area contributed by atoms with Gasteiger partial charge in [-0.25, -0.2) is 0 Å². The molecule has 1 rings (SSSR count). The average molecular weight is 388 g/mol. The van der Waals surface area contributed by atoms with Gasteiger partial charge in [-0.2, -0.15) is 16.8 Å². The first-order valence-electron chi connectivity index (χ1n) is 4.63. The summed E-state index contributed by atoms with van der Waals surface area (Å²) in [6.45, 7) is 3.22. The Morgan fingerprint density at radius 3 is 1.55 bits per heavy atom. The maximum Gasteiger partial charge on any atom is 0.317 e. The Morgan fingerprint density at radius 2 is 1.35 bits per heavy atom. The van der Waals surface area contributed by atoms with Gasteiger partial charge in [-0.3, -0.25) is 4.55 Å². The average Bonchev–Trinajstić information content (AvgIpc) is 2.11. The summed E-state index contributed by atoms with van der Waals surface area (Å²) in [6.07, 6.45) is 0. The van der Waals surface area contributed by atoms with E-state index in [1.54, 1.807) is 26.0 Å². The molecule has 11 heteroatoms. The van der Waals surface area contributed by atoms with Crippen molar-refractivity contribution in [1.29, 1.82) is 0 Å². The minimum Gasteiger partial charge on any atom is -0.497 e. The molecule has 0 aromatic heterocycles. The molecule has 0 bridgehead atoms. The van der Waals surface area contributed by atoms with E-state index in [9.17, 15) is 8.42 Å². The largest absolute Gasteiger partial charge is 0.497 e. The summed E-state index contributed by atoms with van der Waals surface area (Å²) in [5.41, 5.74) is 0.953. The molecule has 0 radical (unpaired) electrons. The topological polar surface area (TPSA) is 97.7 Å². The second kappa shape index (κ2) is 8.26. The predicted molar refractivity (Wildman–Crippen MR) is 80.2 cm³/mol. The molecule has 0 amide bonds. The third-order valence-electron chi connectivity index (χ3n) is 1.93. The lowest BCUT2D eigenvalue weighted by atomic mass is 10.1. The number of halogens is 3. The predicted octanol–water partition coefficient (Wildman–Crippen LogP) is 2.69. The normalized spacial score (nSPS) is 10.9. The number of ether oxygens (including phenoxy) is 1. The highest BCUT2D eigenvalue weighted by Gasteiger charge is 2.17. The number of methoxy groups -OCH3 is 1. The summed E-state index contributed by atoms with van der Waals surface area (Å²) < 4.78 is 54.2. The van der Waals surface area contributed by atoms with Crippen LogP contribution in [0.25, 0.3) is 0 Å². The van der Waals surface area contributed by atoms with Crippen LogP contribution in [0.1, 0.15) is 11.1 Å². The SMILES string of the molecule is COc1cc(C)c(S(=O)(=O)O)c(C)c1.Cl.O=S(=O)(Cl)Cl. The number of hydrogen-bond acceptors (Lipinski definition) is 5. The molecule has 1 aromatic carbocycles. The van der Waals surface area contributed by atoms with Crippen LogP contribution in [0.5, 0.6) is 5.75 Å². The Labute approximate surface area is 133 Å². The highest BCUT2D eigenvalue weighted by Crippen LogP contribution is 2.25. The smallest absolute Gasteiger partial charge is 0.317 e. The van der Waals surface area contributed by atoms with E-state index in [-0.39, 0.29) is 17.3 Å². The van der Waals surface area contributed by atoms with Gasteiger partial charge in [0, 0.05) is 21.4 Å². The molecule has 0 aliphatic heterocycles. The summed E-state index contributed by atoms with van der Waals surface area (Å²) >= 11 is 0. The fraction of sp³-hybridized carbons (Fsp3) is 0.333. The minimum absolute atomic E-state index is 0. The summed E-state index contributed by atoms with van der Waals surface area (Å²) in [6, 6.07) is 3.13. The molecule has 118 valence electrons. The lowest BCUT2D eigenvalue weighted by Crippen LogP contribution is -2.04. The van der Waals surface area contributed by atoms with Gasteiger partial charge >= 0.3 is 8.26 Å². The van der Waals surface area contributed by atoms with Gasteiger partial charge in [0.1, 0.15) is 5.75 Å². The highest BCUT2D eigenvalue weighted by atomic mass is 36.0. The molecule has 0 atom stereocenters. The lowest BCUT2D eigenvalue weighted by Gasteiger charge is -2.08. The van der Waals surface area contributed by atoms with Crippen molar-refractivity contribution in [2.75, 3.05) is 7.11 Å². The summed E-state index contributed by atoms with van der Waals surface area (Å²) in [7, 11) is 2.17. The van der Waals surface area contributed by atoms with E-state index >= 15 is 0 Å². The Balaban J connectivity index is 0. The van der Waals surface area contributed by atoms with Gasteiger partial charge in [0.05, 0.1) is 12.0 Å². The maximum absolute atomic E-state index is 11.0. The second-order valence-electron chi connectivity index (χ2n) is 3.44. The van der Waals surface area contributed by atoms with Crippen molar-refractivity contribution in [2.45, 2.75) is 18.7 Å². The van der Waals surface area contributed by atoms with Crippen molar-refractivity contribution in [3.63, 3.8) is 0 Å². The third kappa shape index (κ3) is 8.83. The van der Waals surface area contributed by atoms with Crippen molar-refractivity contribution < 1.29 is 26.1 Å². The van der Waals surface area contributed by atoms with Crippen molar-refractivity contribution in [1.82, 2.24) is 0 Å². The van der Waals surface area contributed by atoms with E-state index in [1.807, 2.05) is 0 Å². The van der Waals surface area contributed by atoms with E-state index in [0.29, 0.717) is 16.9 Å². The number of aryl methyl sites for hydroxylation is 2. The molecular formula is C9H13Cl3O6S2. The lowest BCUT2D eigenvalue weighted by molar-refractivity contribution is 0.413. The van der Waals surface area contributed by atoms with Crippen LogP contribution >= 0.6 is 33.8 Å². The second-order valence-corrected chi connectivity index (χ2v) is 8.47. The zero-order chi connectivity index (χ0) is 15.4. The van der Waals surface area contributed by atoms with Crippen LogP contribution in [0.4, 0.5) is 0 Å². The van der Waals surface area contributed by atoms with Crippen LogP contribution < -0.4 is 4.74 Å². The Hall–Kier alpha value is -0.250. The fourth-order valence-corrected chi connectivity index (χ4v) is 2.37. The molecule has 20 heavy (non-hydrogen) atoms. The number of benzene rings is 1. The van der Waals surface area contributed by atoms with Crippen molar-refractivity contribution in [2.24, 2.45) is 0 Å². The molecule has 1 N–H and O–H groups in total. The third-order valence-corrected chi connectivity index (χ3v) is 3.09. The zero-order valence-corrected chi connectivity index (χ0v) is 14.6. The van der Waals surface area contributed by atoms with Gasteiger partial charge in [0.25, 0.3) is 10.1 Å². The van der Waals surface area contributed by atoms with Crippen LogP contribution in [0.3, 0.4) is 0 Å². The standard InChI is InChI=1S/C9H12O4S.Cl2O2S.ClH/c1-6-4-8(13-3)5-7(2)9(6)14(10,11)12;1-5(2,3)4;/h4-5H,1-3H3,(H,10,11,12);;1H.